The second-order valence-electron chi connectivity index (χ2n) is 8.64. The van der Waals surface area contributed by atoms with E-state index in [9.17, 15) is 22.4 Å². The van der Waals surface area contributed by atoms with Crippen molar-refractivity contribution in [3.8, 4) is 0 Å². The number of halogens is 4. The second-order valence-corrected chi connectivity index (χ2v) is 8.64. The van der Waals surface area contributed by atoms with Gasteiger partial charge in [-0.2, -0.15) is 18.2 Å². The molecule has 0 radical (unpaired) electrons. The van der Waals surface area contributed by atoms with Crippen LogP contribution in [0.1, 0.15) is 41.6 Å². The van der Waals surface area contributed by atoms with Crippen molar-refractivity contribution in [3.63, 3.8) is 0 Å². The van der Waals surface area contributed by atoms with Crippen LogP contribution in [-0.2, 0) is 6.18 Å². The number of rotatable bonds is 5. The van der Waals surface area contributed by atoms with Gasteiger partial charge in [0.2, 0.25) is 5.95 Å². The third kappa shape index (κ3) is 5.21. The third-order valence-electron chi connectivity index (χ3n) is 5.94. The van der Waals surface area contributed by atoms with Crippen LogP contribution in [0.5, 0.6) is 0 Å². The van der Waals surface area contributed by atoms with Crippen LogP contribution in [0.4, 0.5) is 29.3 Å². The Morgan fingerprint density at radius 1 is 1.00 bits per heavy atom. The van der Waals surface area contributed by atoms with Crippen molar-refractivity contribution in [1.82, 2.24) is 15.3 Å². The summed E-state index contributed by atoms with van der Waals surface area (Å²) in [6, 6.07) is 9.42. The van der Waals surface area contributed by atoms with Gasteiger partial charge in [-0.1, -0.05) is 12.1 Å². The smallest absolute Gasteiger partial charge is 0.362 e. The topological polar surface area (TPSA) is 70.2 Å². The van der Waals surface area contributed by atoms with E-state index in [1.165, 1.54) is 0 Å². The molecule has 2 aromatic carbocycles. The highest BCUT2D eigenvalue weighted by atomic mass is 19.4. The van der Waals surface area contributed by atoms with Crippen LogP contribution in [0.25, 0.3) is 10.9 Å². The zero-order valence-corrected chi connectivity index (χ0v) is 18.8. The maximum absolute atomic E-state index is 14.0. The Bertz CT molecular complexity index is 1190. The fourth-order valence-corrected chi connectivity index (χ4v) is 4.17. The lowest BCUT2D eigenvalue weighted by atomic mass is 9.91. The molecule has 34 heavy (non-hydrogen) atoms. The maximum Gasteiger partial charge on any atom is 0.416 e. The van der Waals surface area contributed by atoms with E-state index in [1.807, 2.05) is 43.3 Å². The van der Waals surface area contributed by atoms with Gasteiger partial charge in [0.15, 0.2) is 0 Å². The number of alkyl halides is 3. The molecule has 0 bridgehead atoms. The van der Waals surface area contributed by atoms with Crippen molar-refractivity contribution in [2.45, 2.75) is 43.9 Å². The molecular formula is C24H25F4N5O. The largest absolute Gasteiger partial charge is 0.416 e. The predicted molar refractivity (Wildman–Crippen MR) is 122 cm³/mol. The number of carbonyl (C=O) groups excluding carboxylic acids is 1. The summed E-state index contributed by atoms with van der Waals surface area (Å²) in [5, 5.41) is 6.99. The standard InChI is InChI=1S/C24H25F4N5O/c1-33(2)21-17-5-3-4-6-20(17)31-23(32-21)30-16-10-8-15(9-11-16)29-22(34)18-13-14(24(26,27)28)7-12-19(18)25/h3-7,12-13,15-16H,8-11H2,1-2H3,(H,29,34)(H,30,31,32). The summed E-state index contributed by atoms with van der Waals surface area (Å²) in [5.41, 5.74) is -0.831. The zero-order valence-electron chi connectivity index (χ0n) is 18.8. The SMILES string of the molecule is CN(C)c1nc(NC2CCC(NC(=O)c3cc(C(F)(F)F)ccc3F)CC2)nc2ccccc12. The average Bonchev–Trinajstić information content (AvgIpc) is 2.79. The Morgan fingerprint density at radius 3 is 2.35 bits per heavy atom. The van der Waals surface area contributed by atoms with Gasteiger partial charge >= 0.3 is 6.18 Å². The molecular weight excluding hydrogens is 450 g/mol. The molecule has 1 aromatic heterocycles. The Kier molecular flexibility index (Phi) is 6.58. The van der Waals surface area contributed by atoms with Gasteiger partial charge in [-0.25, -0.2) is 9.37 Å². The van der Waals surface area contributed by atoms with Gasteiger partial charge in [0.25, 0.3) is 5.91 Å². The van der Waals surface area contributed by atoms with Gasteiger partial charge in [0, 0.05) is 31.6 Å². The molecule has 1 aliphatic carbocycles. The number of nitrogens with one attached hydrogen (secondary N) is 2. The fraction of sp³-hybridized carbons (Fsp3) is 0.375. The van der Waals surface area contributed by atoms with E-state index in [-0.39, 0.29) is 12.1 Å². The Labute approximate surface area is 194 Å². The highest BCUT2D eigenvalue weighted by molar-refractivity contribution is 5.95. The molecule has 1 heterocycles. The van der Waals surface area contributed by atoms with Crippen molar-refractivity contribution in [2.75, 3.05) is 24.3 Å². The summed E-state index contributed by atoms with van der Waals surface area (Å²) in [7, 11) is 3.83. The van der Waals surface area contributed by atoms with Crippen molar-refractivity contribution in [3.05, 3.63) is 59.4 Å². The van der Waals surface area contributed by atoms with Crippen molar-refractivity contribution >= 4 is 28.6 Å². The number of carbonyl (C=O) groups is 1. The number of hydrogen-bond acceptors (Lipinski definition) is 5. The highest BCUT2D eigenvalue weighted by Crippen LogP contribution is 2.31. The minimum Gasteiger partial charge on any atom is -0.362 e. The van der Waals surface area contributed by atoms with Gasteiger partial charge in [-0.3, -0.25) is 4.79 Å². The van der Waals surface area contributed by atoms with Crippen LogP contribution < -0.4 is 15.5 Å². The van der Waals surface area contributed by atoms with E-state index in [1.54, 1.807) is 0 Å². The van der Waals surface area contributed by atoms with Crippen LogP contribution >= 0.6 is 0 Å². The predicted octanol–water partition coefficient (Wildman–Crippen LogP) is 5.01. The van der Waals surface area contributed by atoms with E-state index < -0.39 is 29.0 Å². The minimum atomic E-state index is -4.65. The summed E-state index contributed by atoms with van der Waals surface area (Å²) in [5.74, 6) is -0.502. The molecule has 0 saturated heterocycles. The number of aromatic nitrogens is 2. The number of para-hydroxylation sites is 1. The number of hydrogen-bond donors (Lipinski definition) is 2. The van der Waals surface area contributed by atoms with E-state index in [0.717, 1.165) is 16.7 Å². The highest BCUT2D eigenvalue weighted by Gasteiger charge is 2.32. The van der Waals surface area contributed by atoms with Crippen LogP contribution in [0.3, 0.4) is 0 Å². The van der Waals surface area contributed by atoms with Crippen molar-refractivity contribution < 1.29 is 22.4 Å². The lowest BCUT2D eigenvalue weighted by Crippen LogP contribution is -2.40. The summed E-state index contributed by atoms with van der Waals surface area (Å²) < 4.78 is 52.8. The van der Waals surface area contributed by atoms with Crippen LogP contribution in [0.2, 0.25) is 0 Å². The molecule has 1 amide bonds. The molecule has 0 atom stereocenters. The molecule has 4 rings (SSSR count). The zero-order chi connectivity index (χ0) is 24.5. The molecule has 10 heteroatoms. The molecule has 2 N–H and O–H groups in total. The van der Waals surface area contributed by atoms with Gasteiger partial charge in [-0.05, 0) is 56.0 Å². The molecule has 6 nitrogen and oxygen atoms in total. The molecule has 1 fully saturated rings. The first kappa shape index (κ1) is 23.7. The molecule has 0 spiro atoms. The Hall–Kier alpha value is -3.43. The molecule has 1 aliphatic rings. The molecule has 3 aromatic rings. The number of anilines is 2. The Morgan fingerprint density at radius 2 is 1.68 bits per heavy atom. The van der Waals surface area contributed by atoms with E-state index in [4.69, 9.17) is 0 Å². The minimum absolute atomic E-state index is 0.0784. The summed E-state index contributed by atoms with van der Waals surface area (Å²) in [6.07, 6.45) is -2.06. The molecule has 0 unspecified atom stereocenters. The van der Waals surface area contributed by atoms with Crippen LogP contribution in [0.15, 0.2) is 42.5 Å². The van der Waals surface area contributed by atoms with Gasteiger partial charge in [0.05, 0.1) is 16.6 Å². The molecule has 1 saturated carbocycles. The third-order valence-corrected chi connectivity index (χ3v) is 5.94. The summed E-state index contributed by atoms with van der Waals surface area (Å²) in [6.45, 7) is 0. The normalized spacial score (nSPS) is 18.5. The average molecular weight is 475 g/mol. The van der Waals surface area contributed by atoms with Gasteiger partial charge in [0.1, 0.15) is 11.6 Å². The number of fused-ring (bicyclic) bond motifs is 1. The quantitative estimate of drug-likeness (QED) is 0.508. The van der Waals surface area contributed by atoms with Gasteiger partial charge in [-0.15, -0.1) is 0 Å². The van der Waals surface area contributed by atoms with E-state index in [2.05, 4.69) is 20.6 Å². The lowest BCUT2D eigenvalue weighted by Gasteiger charge is -2.30. The molecule has 180 valence electrons. The molecule has 0 aliphatic heterocycles. The fourth-order valence-electron chi connectivity index (χ4n) is 4.17. The number of amides is 1. The lowest BCUT2D eigenvalue weighted by molar-refractivity contribution is -0.137. The second kappa shape index (κ2) is 9.44. The van der Waals surface area contributed by atoms with Crippen LogP contribution in [0, 0.1) is 5.82 Å². The summed E-state index contributed by atoms with van der Waals surface area (Å²) in [4.78, 5) is 23.6. The summed E-state index contributed by atoms with van der Waals surface area (Å²) >= 11 is 0. The van der Waals surface area contributed by atoms with E-state index >= 15 is 0 Å². The van der Waals surface area contributed by atoms with Crippen molar-refractivity contribution in [2.24, 2.45) is 0 Å². The number of nitrogens with zero attached hydrogens (tertiary/aromatic N) is 3. The van der Waals surface area contributed by atoms with Gasteiger partial charge < -0.3 is 15.5 Å². The van der Waals surface area contributed by atoms with Crippen LogP contribution in [-0.4, -0.2) is 42.1 Å². The first-order valence-electron chi connectivity index (χ1n) is 11.0. The number of benzene rings is 2. The maximum atomic E-state index is 14.0. The Balaban J connectivity index is 1.38. The monoisotopic (exact) mass is 475 g/mol. The first-order chi connectivity index (χ1) is 16.1. The first-order valence-corrected chi connectivity index (χ1v) is 11.0. The van der Waals surface area contributed by atoms with E-state index in [0.29, 0.717) is 49.8 Å². The van der Waals surface area contributed by atoms with Crippen molar-refractivity contribution in [1.29, 1.82) is 0 Å².